The maximum absolute atomic E-state index is 6.87. The van der Waals surface area contributed by atoms with E-state index in [0.29, 0.717) is 5.82 Å². The molecule has 11 aromatic rings. The summed E-state index contributed by atoms with van der Waals surface area (Å²) >= 11 is 0. The Labute approximate surface area is 358 Å². The molecule has 1 unspecified atom stereocenters. The second-order valence-electron chi connectivity index (χ2n) is 16.3. The fourth-order valence-corrected chi connectivity index (χ4v) is 10.3. The minimum atomic E-state index is -0.694. The lowest BCUT2D eigenvalue weighted by Gasteiger charge is -2.35. The van der Waals surface area contributed by atoms with Crippen LogP contribution in [0.15, 0.2) is 217 Å². The third-order valence-electron chi connectivity index (χ3n) is 13.0. The molecular formula is C58H35N3O. The van der Waals surface area contributed by atoms with E-state index in [-0.39, 0.29) is 0 Å². The molecule has 62 heavy (non-hydrogen) atoms. The molecule has 0 bridgehead atoms. The summed E-state index contributed by atoms with van der Waals surface area (Å²) in [6, 6.07) is 71.9. The monoisotopic (exact) mass is 789 g/mol. The fraction of sp³-hybridized carbons (Fsp3) is 0.0172. The molecule has 288 valence electrons. The van der Waals surface area contributed by atoms with E-state index in [0.717, 1.165) is 66.7 Å². The molecule has 0 amide bonds. The number of furan rings is 1. The van der Waals surface area contributed by atoms with Crippen LogP contribution in [0.4, 0.5) is 0 Å². The van der Waals surface area contributed by atoms with E-state index < -0.39 is 5.41 Å². The molecule has 0 radical (unpaired) electrons. The number of pyridine rings is 1. The van der Waals surface area contributed by atoms with Crippen LogP contribution < -0.4 is 0 Å². The topological polar surface area (TPSA) is 51.8 Å². The zero-order chi connectivity index (χ0) is 40.8. The largest absolute Gasteiger partial charge is 0.455 e. The SMILES string of the molecule is c1ccc(-c2cc(-c3ccc4c(c3)C3(c5ccccc5-c5ccccc5-4)c4ccccc4-c4c3ccc3c4oc4ccccc43)nc(-c3ccc(-c4cccnc4)cc3)n2)cc1. The molecule has 3 aromatic heterocycles. The molecule has 3 heterocycles. The molecule has 0 fully saturated rings. The summed E-state index contributed by atoms with van der Waals surface area (Å²) in [4.78, 5) is 14.9. The van der Waals surface area contributed by atoms with Gasteiger partial charge in [-0.1, -0.05) is 176 Å². The second kappa shape index (κ2) is 13.4. The van der Waals surface area contributed by atoms with Crippen LogP contribution >= 0.6 is 0 Å². The lowest BCUT2D eigenvalue weighted by molar-refractivity contribution is 0.669. The van der Waals surface area contributed by atoms with Crippen molar-refractivity contribution in [3.63, 3.8) is 0 Å². The van der Waals surface area contributed by atoms with Crippen molar-refractivity contribution in [2.75, 3.05) is 0 Å². The molecule has 1 spiro atoms. The molecule has 8 aromatic carbocycles. The van der Waals surface area contributed by atoms with Crippen molar-refractivity contribution in [3.8, 4) is 78.4 Å². The van der Waals surface area contributed by atoms with Gasteiger partial charge in [0.25, 0.3) is 0 Å². The lowest BCUT2D eigenvalue weighted by Crippen LogP contribution is -2.29. The highest BCUT2D eigenvalue weighted by Gasteiger charge is 2.50. The first-order valence-corrected chi connectivity index (χ1v) is 21.1. The number of nitrogens with zero attached hydrogens (tertiary/aromatic N) is 3. The molecule has 0 aliphatic heterocycles. The van der Waals surface area contributed by atoms with Gasteiger partial charge in [-0.15, -0.1) is 0 Å². The van der Waals surface area contributed by atoms with Crippen molar-refractivity contribution in [1.82, 2.24) is 15.0 Å². The van der Waals surface area contributed by atoms with Gasteiger partial charge in [-0.05, 0) is 85.5 Å². The van der Waals surface area contributed by atoms with Crippen LogP contribution in [0.25, 0.3) is 100 Å². The van der Waals surface area contributed by atoms with E-state index in [1.54, 1.807) is 6.20 Å². The van der Waals surface area contributed by atoms with Gasteiger partial charge in [0.15, 0.2) is 5.82 Å². The van der Waals surface area contributed by atoms with Gasteiger partial charge >= 0.3 is 0 Å². The van der Waals surface area contributed by atoms with Gasteiger partial charge in [0.1, 0.15) is 11.2 Å². The van der Waals surface area contributed by atoms with Crippen molar-refractivity contribution >= 4 is 21.9 Å². The van der Waals surface area contributed by atoms with Gasteiger partial charge in [-0.25, -0.2) is 9.97 Å². The molecular weight excluding hydrogens is 755 g/mol. The normalized spacial score (nSPS) is 14.5. The first-order valence-electron chi connectivity index (χ1n) is 21.1. The highest BCUT2D eigenvalue weighted by atomic mass is 16.3. The van der Waals surface area contributed by atoms with Crippen molar-refractivity contribution in [2.24, 2.45) is 0 Å². The summed E-state index contributed by atoms with van der Waals surface area (Å²) in [6.45, 7) is 0. The quantitative estimate of drug-likeness (QED) is 0.178. The van der Waals surface area contributed by atoms with E-state index in [1.165, 1.54) is 50.1 Å². The summed E-state index contributed by atoms with van der Waals surface area (Å²) in [6.07, 6.45) is 3.69. The van der Waals surface area contributed by atoms with Crippen LogP contribution in [-0.2, 0) is 5.41 Å². The number of rotatable bonds is 4. The summed E-state index contributed by atoms with van der Waals surface area (Å²) < 4.78 is 6.87. The van der Waals surface area contributed by atoms with Crippen LogP contribution in [0.5, 0.6) is 0 Å². The van der Waals surface area contributed by atoms with Gasteiger partial charge in [0.05, 0.1) is 16.8 Å². The molecule has 0 saturated heterocycles. The second-order valence-corrected chi connectivity index (χ2v) is 16.3. The average Bonchev–Trinajstić information content (AvgIpc) is 3.85. The first kappa shape index (κ1) is 34.6. The molecule has 2 aliphatic carbocycles. The highest BCUT2D eigenvalue weighted by Crippen LogP contribution is 2.63. The van der Waals surface area contributed by atoms with Crippen LogP contribution in [0.2, 0.25) is 0 Å². The minimum absolute atomic E-state index is 0.670. The number of aromatic nitrogens is 3. The first-order chi connectivity index (χ1) is 30.7. The number of benzene rings is 8. The summed E-state index contributed by atoms with van der Waals surface area (Å²) in [5.74, 6) is 0.670. The van der Waals surface area contributed by atoms with Gasteiger partial charge in [0, 0.05) is 45.4 Å². The van der Waals surface area contributed by atoms with Gasteiger partial charge in [-0.3, -0.25) is 4.98 Å². The van der Waals surface area contributed by atoms with Crippen molar-refractivity contribution in [3.05, 3.63) is 235 Å². The maximum Gasteiger partial charge on any atom is 0.160 e. The molecule has 2 aliphatic rings. The van der Waals surface area contributed by atoms with E-state index in [1.807, 2.05) is 18.3 Å². The summed E-state index contributed by atoms with van der Waals surface area (Å²) in [5.41, 5.74) is 20.1. The molecule has 0 N–H and O–H groups in total. The molecule has 4 nitrogen and oxygen atoms in total. The van der Waals surface area contributed by atoms with Gasteiger partial charge in [-0.2, -0.15) is 0 Å². The average molecular weight is 790 g/mol. The maximum atomic E-state index is 6.87. The Morgan fingerprint density at radius 2 is 0.984 bits per heavy atom. The fourth-order valence-electron chi connectivity index (χ4n) is 10.3. The van der Waals surface area contributed by atoms with Crippen LogP contribution in [0, 0.1) is 0 Å². The minimum Gasteiger partial charge on any atom is -0.455 e. The van der Waals surface area contributed by atoms with Crippen LogP contribution in [0.1, 0.15) is 22.3 Å². The Morgan fingerprint density at radius 3 is 1.76 bits per heavy atom. The zero-order valence-electron chi connectivity index (χ0n) is 33.5. The molecule has 0 saturated carbocycles. The summed E-state index contributed by atoms with van der Waals surface area (Å²) in [7, 11) is 0. The van der Waals surface area contributed by atoms with Crippen LogP contribution in [-0.4, -0.2) is 15.0 Å². The van der Waals surface area contributed by atoms with Crippen molar-refractivity contribution in [2.45, 2.75) is 5.41 Å². The number of fused-ring (bicyclic) bond motifs is 16. The third kappa shape index (κ3) is 4.98. The van der Waals surface area contributed by atoms with Crippen molar-refractivity contribution < 1.29 is 4.42 Å². The Hall–Kier alpha value is -8.21. The highest BCUT2D eigenvalue weighted by molar-refractivity contribution is 6.13. The lowest BCUT2D eigenvalue weighted by atomic mass is 9.65. The Bertz CT molecular complexity index is 3570. The predicted molar refractivity (Wildman–Crippen MR) is 251 cm³/mol. The molecule has 4 heteroatoms. The summed E-state index contributed by atoms with van der Waals surface area (Å²) in [5, 5.41) is 2.25. The van der Waals surface area contributed by atoms with Gasteiger partial charge < -0.3 is 4.42 Å². The van der Waals surface area contributed by atoms with E-state index >= 15 is 0 Å². The Kier molecular flexibility index (Phi) is 7.49. The Balaban J connectivity index is 1.10. The standard InChI is InChI=1S/C58H35N3O/c1-2-13-37(14-3-1)52-34-53(61-57(60-52)38-26-24-36(25-27-38)40-15-12-32-59-35-40)39-28-29-44-42-17-5-4-16-41(42)43-18-6-9-21-48(43)58(51(44)33-39)49-22-10-7-20-47(49)55-50(58)31-30-46-45-19-8-11-23-54(45)62-56(46)55/h1-35H. The van der Waals surface area contributed by atoms with E-state index in [2.05, 4.69) is 193 Å². The van der Waals surface area contributed by atoms with Gasteiger partial charge in [0.2, 0.25) is 0 Å². The van der Waals surface area contributed by atoms with Crippen molar-refractivity contribution in [1.29, 1.82) is 0 Å². The number of para-hydroxylation sites is 1. The Morgan fingerprint density at radius 1 is 0.371 bits per heavy atom. The predicted octanol–water partition coefficient (Wildman–Crippen LogP) is 14.4. The number of hydrogen-bond acceptors (Lipinski definition) is 4. The third-order valence-corrected chi connectivity index (χ3v) is 13.0. The van der Waals surface area contributed by atoms with E-state index in [4.69, 9.17) is 14.4 Å². The molecule has 13 rings (SSSR count). The van der Waals surface area contributed by atoms with E-state index in [9.17, 15) is 0 Å². The number of hydrogen-bond donors (Lipinski definition) is 0. The van der Waals surface area contributed by atoms with Crippen LogP contribution in [0.3, 0.4) is 0 Å². The smallest absolute Gasteiger partial charge is 0.160 e. The zero-order valence-corrected chi connectivity index (χ0v) is 33.5. The molecule has 1 atom stereocenters.